The number of nitrogens with one attached hydrogen (secondary N) is 3. The van der Waals surface area contributed by atoms with Gasteiger partial charge in [-0.15, -0.1) is 0 Å². The molecule has 3 rings (SSSR count). The van der Waals surface area contributed by atoms with Crippen LogP contribution < -0.4 is 10.8 Å². The number of thiazole rings is 1. The Morgan fingerprint density at radius 1 is 1.25 bits per heavy atom. The lowest BCUT2D eigenvalue weighted by Gasteiger charge is -1.99. The van der Waals surface area contributed by atoms with E-state index in [1.807, 2.05) is 0 Å². The number of rotatable bonds is 3. The van der Waals surface area contributed by atoms with Crippen LogP contribution in [0.4, 0.5) is 5.13 Å². The van der Waals surface area contributed by atoms with Gasteiger partial charge in [0.1, 0.15) is 5.69 Å². The first-order valence-corrected chi connectivity index (χ1v) is 8.18. The number of aromatic nitrogens is 2. The smallest absolute Gasteiger partial charge is 0.275 e. The molecule has 0 radical (unpaired) electrons. The molecule has 4 N–H and O–H groups in total. The Hall–Kier alpha value is -2.13. The van der Waals surface area contributed by atoms with E-state index in [1.54, 1.807) is 24.5 Å². The van der Waals surface area contributed by atoms with E-state index in [1.165, 1.54) is 17.4 Å². The number of carbonyl (C=O) groups excluding carboxylic acids is 2. The third-order valence-electron chi connectivity index (χ3n) is 3.25. The number of aryl methyl sites for hydroxylation is 1. The molecule has 0 aliphatic carbocycles. The Labute approximate surface area is 149 Å². The fourth-order valence-electron chi connectivity index (χ4n) is 2.07. The van der Waals surface area contributed by atoms with E-state index in [4.69, 9.17) is 28.4 Å². The van der Waals surface area contributed by atoms with Gasteiger partial charge in [-0.05, 0) is 25.1 Å². The van der Waals surface area contributed by atoms with Crippen molar-refractivity contribution in [2.45, 2.75) is 6.92 Å². The molecule has 1 aromatic carbocycles. The van der Waals surface area contributed by atoms with Gasteiger partial charge < -0.3 is 4.98 Å². The predicted octanol–water partition coefficient (Wildman–Crippen LogP) is 3.61. The Morgan fingerprint density at radius 3 is 2.62 bits per heavy atom. The molecule has 10 heteroatoms. The summed E-state index contributed by atoms with van der Waals surface area (Å²) in [6.07, 6.45) is 0. The third-order valence-corrected chi connectivity index (χ3v) is 5.13. The highest BCUT2D eigenvalue weighted by Gasteiger charge is 2.19. The average Bonchev–Trinajstić information content (AvgIpc) is 3.08. The summed E-state index contributed by atoms with van der Waals surface area (Å²) in [5.41, 5.74) is 3.20. The van der Waals surface area contributed by atoms with Gasteiger partial charge >= 0.3 is 0 Å². The van der Waals surface area contributed by atoms with Crippen LogP contribution in [0.15, 0.2) is 18.2 Å². The number of nitrogens with zero attached hydrogens (tertiary/aromatic N) is 1. The minimum atomic E-state index is -0.626. The van der Waals surface area contributed by atoms with Crippen molar-refractivity contribution in [3.8, 4) is 0 Å². The number of hydrogen-bond donors (Lipinski definition) is 4. The van der Waals surface area contributed by atoms with Crippen molar-refractivity contribution >= 4 is 61.7 Å². The fourth-order valence-corrected chi connectivity index (χ4v) is 3.39. The van der Waals surface area contributed by atoms with E-state index in [0.29, 0.717) is 26.1 Å². The molecule has 124 valence electrons. The van der Waals surface area contributed by atoms with E-state index in [2.05, 4.69) is 15.3 Å². The maximum absolute atomic E-state index is 12.3. The second kappa shape index (κ2) is 6.40. The zero-order valence-corrected chi connectivity index (χ0v) is 14.4. The largest absolute Gasteiger partial charge is 0.352 e. The van der Waals surface area contributed by atoms with Crippen molar-refractivity contribution in [1.29, 1.82) is 0 Å². The van der Waals surface area contributed by atoms with E-state index in [9.17, 15) is 9.59 Å². The van der Waals surface area contributed by atoms with E-state index < -0.39 is 11.8 Å². The highest BCUT2D eigenvalue weighted by Crippen LogP contribution is 2.31. The summed E-state index contributed by atoms with van der Waals surface area (Å²) in [5, 5.41) is 12.1. The van der Waals surface area contributed by atoms with Crippen LogP contribution in [0.25, 0.3) is 10.2 Å². The monoisotopic (exact) mass is 384 g/mol. The lowest BCUT2D eigenvalue weighted by atomic mass is 10.2. The minimum Gasteiger partial charge on any atom is -0.352 e. The Balaban J connectivity index is 1.88. The van der Waals surface area contributed by atoms with Crippen molar-refractivity contribution < 1.29 is 14.8 Å². The molecule has 2 amide bonds. The first-order valence-electron chi connectivity index (χ1n) is 6.60. The molecule has 2 heterocycles. The van der Waals surface area contributed by atoms with Gasteiger partial charge in [0, 0.05) is 11.3 Å². The van der Waals surface area contributed by atoms with Crippen LogP contribution in [-0.4, -0.2) is 27.0 Å². The minimum absolute atomic E-state index is 0.148. The summed E-state index contributed by atoms with van der Waals surface area (Å²) >= 11 is 13.2. The number of carbonyl (C=O) groups is 2. The summed E-state index contributed by atoms with van der Waals surface area (Å²) in [5.74, 6) is -1.10. The Bertz CT molecular complexity index is 966. The van der Waals surface area contributed by atoms with Gasteiger partial charge in [-0.2, -0.15) is 0 Å². The highest BCUT2D eigenvalue weighted by atomic mass is 35.5. The molecule has 2 aromatic heterocycles. The van der Waals surface area contributed by atoms with Crippen LogP contribution in [0.2, 0.25) is 10.0 Å². The molecule has 0 saturated heterocycles. The van der Waals surface area contributed by atoms with Gasteiger partial charge in [0.05, 0.1) is 20.3 Å². The zero-order chi connectivity index (χ0) is 17.4. The lowest BCUT2D eigenvalue weighted by molar-refractivity contribution is 0.0706. The van der Waals surface area contributed by atoms with Crippen molar-refractivity contribution in [3.63, 3.8) is 0 Å². The quantitative estimate of drug-likeness (QED) is 0.408. The van der Waals surface area contributed by atoms with Crippen molar-refractivity contribution in [2.24, 2.45) is 0 Å². The fraction of sp³-hybridized carbons (Fsp3) is 0.0714. The average molecular weight is 385 g/mol. The van der Waals surface area contributed by atoms with Crippen LogP contribution in [0, 0.1) is 6.92 Å². The second-order valence-electron chi connectivity index (χ2n) is 4.85. The van der Waals surface area contributed by atoms with Gasteiger partial charge in [0.15, 0.2) is 5.13 Å². The van der Waals surface area contributed by atoms with Crippen molar-refractivity contribution in [2.75, 3.05) is 5.32 Å². The normalized spacial score (nSPS) is 10.8. The van der Waals surface area contributed by atoms with Gasteiger partial charge in [-0.1, -0.05) is 34.5 Å². The summed E-state index contributed by atoms with van der Waals surface area (Å²) in [6, 6.07) is 4.70. The van der Waals surface area contributed by atoms with Crippen LogP contribution in [0.1, 0.15) is 26.5 Å². The Kier molecular flexibility index (Phi) is 4.46. The van der Waals surface area contributed by atoms with Crippen LogP contribution >= 0.6 is 34.5 Å². The molecular weight excluding hydrogens is 375 g/mol. The van der Waals surface area contributed by atoms with E-state index >= 15 is 0 Å². The number of benzene rings is 1. The number of halogens is 2. The van der Waals surface area contributed by atoms with Gasteiger partial charge in [0.2, 0.25) is 0 Å². The lowest BCUT2D eigenvalue weighted by Crippen LogP contribution is -2.18. The molecule has 0 spiro atoms. The first kappa shape index (κ1) is 16.7. The standard InChI is InChI=1S/C14H10Cl2N4O3S/c1-5-9(15)10(16)11(17-5)13(22)19-14-18-7-3-2-6(12(21)20-23)4-8(7)24-14/h2-4,17,23H,1H3,(H,20,21)(H,18,19,22). The van der Waals surface area contributed by atoms with Gasteiger partial charge in [-0.3, -0.25) is 20.1 Å². The van der Waals surface area contributed by atoms with E-state index in [-0.39, 0.29) is 16.3 Å². The number of anilines is 1. The molecule has 3 aromatic rings. The number of hydrogen-bond acceptors (Lipinski definition) is 5. The second-order valence-corrected chi connectivity index (χ2v) is 6.64. The van der Waals surface area contributed by atoms with Crippen molar-refractivity contribution in [1.82, 2.24) is 15.4 Å². The summed E-state index contributed by atoms with van der Waals surface area (Å²) in [6.45, 7) is 1.70. The van der Waals surface area contributed by atoms with E-state index in [0.717, 1.165) is 0 Å². The third kappa shape index (κ3) is 2.96. The number of H-pyrrole nitrogens is 1. The summed E-state index contributed by atoms with van der Waals surface area (Å²) < 4.78 is 0.679. The van der Waals surface area contributed by atoms with Crippen LogP contribution in [0.3, 0.4) is 0 Å². The Morgan fingerprint density at radius 2 is 2.00 bits per heavy atom. The molecule has 24 heavy (non-hydrogen) atoms. The number of fused-ring (bicyclic) bond motifs is 1. The molecule has 0 aliphatic rings. The molecule has 0 aliphatic heterocycles. The SMILES string of the molecule is Cc1[nH]c(C(=O)Nc2nc3ccc(C(=O)NO)cc3s2)c(Cl)c1Cl. The maximum Gasteiger partial charge on any atom is 0.275 e. The first-order chi connectivity index (χ1) is 11.4. The molecule has 0 bridgehead atoms. The highest BCUT2D eigenvalue weighted by molar-refractivity contribution is 7.22. The number of aromatic amines is 1. The van der Waals surface area contributed by atoms with Crippen LogP contribution in [-0.2, 0) is 0 Å². The van der Waals surface area contributed by atoms with Crippen molar-refractivity contribution in [3.05, 3.63) is 45.2 Å². The maximum atomic E-state index is 12.3. The number of hydroxylamine groups is 1. The molecular formula is C14H10Cl2N4O3S. The predicted molar refractivity (Wildman–Crippen MR) is 92.4 cm³/mol. The topological polar surface area (TPSA) is 107 Å². The summed E-state index contributed by atoms with van der Waals surface area (Å²) in [7, 11) is 0. The van der Waals surface area contributed by atoms with Gasteiger partial charge in [-0.25, -0.2) is 10.5 Å². The molecule has 0 unspecified atom stereocenters. The molecule has 7 nitrogen and oxygen atoms in total. The van der Waals surface area contributed by atoms with Crippen LogP contribution in [0.5, 0.6) is 0 Å². The molecule has 0 saturated carbocycles. The van der Waals surface area contributed by atoms with Gasteiger partial charge in [0.25, 0.3) is 11.8 Å². The number of amides is 2. The summed E-state index contributed by atoms with van der Waals surface area (Å²) in [4.78, 5) is 30.8. The zero-order valence-electron chi connectivity index (χ0n) is 12.1. The molecule has 0 atom stereocenters. The molecule has 0 fully saturated rings.